The summed E-state index contributed by atoms with van der Waals surface area (Å²) in [6.45, 7) is 8.56. The van der Waals surface area contributed by atoms with Crippen LogP contribution in [-0.4, -0.2) is 59.6 Å². The molecule has 1 aromatic carbocycles. The lowest BCUT2D eigenvalue weighted by Gasteiger charge is -2.46. The number of urea groups is 1. The summed E-state index contributed by atoms with van der Waals surface area (Å²) in [5.41, 5.74) is 12.2. The van der Waals surface area contributed by atoms with Crippen molar-refractivity contribution in [2.24, 2.45) is 0 Å². The van der Waals surface area contributed by atoms with Crippen molar-refractivity contribution in [1.29, 1.82) is 0 Å². The van der Waals surface area contributed by atoms with Gasteiger partial charge in [-0.25, -0.2) is 4.79 Å². The van der Waals surface area contributed by atoms with Gasteiger partial charge in [0.1, 0.15) is 0 Å². The van der Waals surface area contributed by atoms with Crippen LogP contribution in [0.4, 0.5) is 10.5 Å². The van der Waals surface area contributed by atoms with Crippen LogP contribution >= 0.6 is 0 Å². The highest BCUT2D eigenvalue weighted by Crippen LogP contribution is 2.45. The molecule has 1 aromatic heterocycles. The summed E-state index contributed by atoms with van der Waals surface area (Å²) in [5, 5.41) is 4.62. The molecule has 146 valence electrons. The zero-order chi connectivity index (χ0) is 19.3. The molecule has 1 saturated heterocycles. The molecule has 0 bridgehead atoms. The predicted octanol–water partition coefficient (Wildman–Crippen LogP) is 2.82. The summed E-state index contributed by atoms with van der Waals surface area (Å²) in [6.07, 6.45) is 2.02. The molecule has 2 aromatic rings. The number of aryl methyl sites for hydroxylation is 1. The van der Waals surface area contributed by atoms with Crippen molar-refractivity contribution in [3.05, 3.63) is 29.0 Å². The number of nitrogens with two attached hydrogens (primary N) is 1. The Bertz CT molecular complexity index is 869. The number of amides is 2. The van der Waals surface area contributed by atoms with E-state index in [4.69, 9.17) is 5.73 Å². The van der Waals surface area contributed by atoms with Gasteiger partial charge in [0.05, 0.1) is 0 Å². The van der Waals surface area contributed by atoms with Gasteiger partial charge in [-0.2, -0.15) is 0 Å². The fraction of sp³-hybridized carbons (Fsp3) is 0.571. The zero-order valence-electron chi connectivity index (χ0n) is 16.8. The number of nitrogens with zero attached hydrogens (tertiary/aromatic N) is 2. The van der Waals surface area contributed by atoms with Gasteiger partial charge < -0.3 is 25.8 Å². The van der Waals surface area contributed by atoms with Crippen molar-refractivity contribution in [2.75, 3.05) is 32.4 Å². The Morgan fingerprint density at radius 3 is 2.81 bits per heavy atom. The molecular weight excluding hydrogens is 338 g/mol. The number of carbonyl (C=O) groups excluding carboxylic acids is 1. The smallest absolute Gasteiger partial charge is 0.317 e. The summed E-state index contributed by atoms with van der Waals surface area (Å²) < 4.78 is 0. The largest absolute Gasteiger partial charge is 0.399 e. The maximum absolute atomic E-state index is 12.6. The predicted molar refractivity (Wildman–Crippen MR) is 110 cm³/mol. The number of piperidine rings is 1. The second-order valence-corrected chi connectivity index (χ2v) is 8.13. The van der Waals surface area contributed by atoms with Crippen LogP contribution in [0.3, 0.4) is 0 Å². The summed E-state index contributed by atoms with van der Waals surface area (Å²) >= 11 is 0. The first kappa shape index (κ1) is 18.2. The van der Waals surface area contributed by atoms with E-state index in [2.05, 4.69) is 35.2 Å². The molecule has 0 unspecified atom stereocenters. The van der Waals surface area contributed by atoms with Gasteiger partial charge in [0.15, 0.2) is 0 Å². The van der Waals surface area contributed by atoms with E-state index in [-0.39, 0.29) is 12.1 Å². The fourth-order valence-electron chi connectivity index (χ4n) is 5.19. The van der Waals surface area contributed by atoms with Gasteiger partial charge in [-0.15, -0.1) is 0 Å². The summed E-state index contributed by atoms with van der Waals surface area (Å²) in [4.78, 5) is 20.3. The van der Waals surface area contributed by atoms with Gasteiger partial charge in [-0.1, -0.05) is 0 Å². The highest BCUT2D eigenvalue weighted by Gasteiger charge is 2.40. The second kappa shape index (κ2) is 6.75. The lowest BCUT2D eigenvalue weighted by Crippen LogP contribution is -2.56. The first-order valence-electron chi connectivity index (χ1n) is 10.1. The van der Waals surface area contributed by atoms with Gasteiger partial charge in [0.2, 0.25) is 0 Å². The number of rotatable bonds is 3. The minimum Gasteiger partial charge on any atom is -0.399 e. The topological polar surface area (TPSA) is 77.4 Å². The molecule has 6 nitrogen and oxygen atoms in total. The zero-order valence-corrected chi connectivity index (χ0v) is 16.8. The van der Waals surface area contributed by atoms with Crippen LogP contribution in [0.2, 0.25) is 0 Å². The third-order valence-corrected chi connectivity index (χ3v) is 6.54. The average Bonchev–Trinajstić information content (AvgIpc) is 2.93. The van der Waals surface area contributed by atoms with E-state index in [0.29, 0.717) is 12.0 Å². The maximum atomic E-state index is 12.6. The van der Waals surface area contributed by atoms with Crippen molar-refractivity contribution in [3.63, 3.8) is 0 Å². The monoisotopic (exact) mass is 369 g/mol. The quantitative estimate of drug-likeness (QED) is 0.728. The van der Waals surface area contributed by atoms with Gasteiger partial charge in [0.25, 0.3) is 0 Å². The third-order valence-electron chi connectivity index (χ3n) is 6.54. The third kappa shape index (κ3) is 2.96. The number of likely N-dealkylation sites (N-methyl/N-ethyl adjacent to an activating group) is 1. The highest BCUT2D eigenvalue weighted by atomic mass is 16.2. The molecule has 27 heavy (non-hydrogen) atoms. The Kier molecular flexibility index (Phi) is 4.54. The molecule has 0 saturated carbocycles. The fourth-order valence-corrected chi connectivity index (χ4v) is 5.19. The van der Waals surface area contributed by atoms with Gasteiger partial charge >= 0.3 is 6.03 Å². The van der Waals surface area contributed by atoms with Crippen LogP contribution in [0, 0.1) is 6.92 Å². The van der Waals surface area contributed by atoms with Crippen LogP contribution in [-0.2, 0) is 6.42 Å². The van der Waals surface area contributed by atoms with Crippen molar-refractivity contribution >= 4 is 22.6 Å². The number of hydrogen-bond donors (Lipinski definition) is 3. The van der Waals surface area contributed by atoms with E-state index in [1.54, 1.807) is 0 Å². The molecule has 6 heteroatoms. The van der Waals surface area contributed by atoms with E-state index in [1.807, 2.05) is 24.8 Å². The normalized spacial score (nSPS) is 24.7. The highest BCUT2D eigenvalue weighted by molar-refractivity contribution is 5.92. The van der Waals surface area contributed by atoms with Crippen molar-refractivity contribution < 1.29 is 4.79 Å². The SMILES string of the molecule is CCN(CC)C(=O)N[C@H]1C[C@@H]2c3cc(N)cc4[nH]c(C)c(c34)C[C@H]2N(C)C1. The van der Waals surface area contributed by atoms with Gasteiger partial charge in [-0.05, 0) is 63.9 Å². The number of H-pyrrole nitrogens is 1. The Morgan fingerprint density at radius 1 is 1.37 bits per heavy atom. The number of hydrogen-bond acceptors (Lipinski definition) is 3. The number of aromatic nitrogens is 1. The number of carbonyl (C=O) groups is 1. The second-order valence-electron chi connectivity index (χ2n) is 8.13. The molecule has 4 rings (SSSR count). The molecule has 1 aliphatic heterocycles. The van der Waals surface area contributed by atoms with Crippen molar-refractivity contribution in [3.8, 4) is 0 Å². The van der Waals surface area contributed by atoms with Crippen molar-refractivity contribution in [2.45, 2.75) is 51.6 Å². The molecular formula is C21H31N5O. The number of anilines is 1. The average molecular weight is 370 g/mol. The molecule has 2 aliphatic rings. The lowest BCUT2D eigenvalue weighted by molar-refractivity contribution is 0.124. The maximum Gasteiger partial charge on any atom is 0.317 e. The van der Waals surface area contributed by atoms with Crippen LogP contribution in [0.1, 0.15) is 43.0 Å². The number of fused-ring (bicyclic) bond motifs is 2. The number of likely N-dealkylation sites (tertiary alicyclic amines) is 1. The van der Waals surface area contributed by atoms with E-state index in [9.17, 15) is 4.79 Å². The van der Waals surface area contributed by atoms with Crippen LogP contribution in [0.15, 0.2) is 12.1 Å². The van der Waals surface area contributed by atoms with E-state index in [1.165, 1.54) is 22.2 Å². The molecule has 3 atom stereocenters. The summed E-state index contributed by atoms with van der Waals surface area (Å²) in [7, 11) is 2.18. The van der Waals surface area contributed by atoms with E-state index < -0.39 is 0 Å². The summed E-state index contributed by atoms with van der Waals surface area (Å²) in [6, 6.07) is 4.85. The molecule has 4 N–H and O–H groups in total. The van der Waals surface area contributed by atoms with Crippen LogP contribution in [0.25, 0.3) is 10.9 Å². The number of aromatic amines is 1. The molecule has 2 heterocycles. The molecule has 1 aliphatic carbocycles. The van der Waals surface area contributed by atoms with Gasteiger partial charge in [0, 0.05) is 59.9 Å². The molecule has 0 spiro atoms. The first-order chi connectivity index (χ1) is 12.9. The number of benzene rings is 1. The minimum atomic E-state index is 0.0450. The Balaban J connectivity index is 1.66. The minimum absolute atomic E-state index is 0.0450. The summed E-state index contributed by atoms with van der Waals surface area (Å²) in [5.74, 6) is 0.388. The molecule has 1 fully saturated rings. The van der Waals surface area contributed by atoms with Crippen molar-refractivity contribution in [1.82, 2.24) is 20.1 Å². The van der Waals surface area contributed by atoms with Gasteiger partial charge in [-0.3, -0.25) is 0 Å². The van der Waals surface area contributed by atoms with Crippen LogP contribution in [0.5, 0.6) is 0 Å². The Hall–Kier alpha value is -2.21. The van der Waals surface area contributed by atoms with Crippen LogP contribution < -0.4 is 11.1 Å². The van der Waals surface area contributed by atoms with E-state index >= 15 is 0 Å². The van der Waals surface area contributed by atoms with E-state index in [0.717, 1.165) is 43.7 Å². The molecule has 2 amide bonds. The standard InChI is InChI=1S/C21H31N5O/c1-5-26(6-2)21(27)24-14-9-16-17-7-13(22)8-18-20(17)15(12(3)23-18)10-19(16)25(4)11-14/h7-8,14,16,19,23H,5-6,9-11,22H2,1-4H3,(H,24,27)/t14-,16+,19+/m0/s1. The Morgan fingerprint density at radius 2 is 2.11 bits per heavy atom. The Labute approximate surface area is 161 Å². The lowest BCUT2D eigenvalue weighted by atomic mass is 9.73. The number of nitrogens with one attached hydrogen (secondary N) is 2. The first-order valence-corrected chi connectivity index (χ1v) is 10.1. The molecule has 0 radical (unpaired) electrons. The number of nitrogen functional groups attached to an aromatic ring is 1.